The molecular weight excluding hydrogens is 458 g/mol. The van der Waals surface area contributed by atoms with Crippen LogP contribution in [0.3, 0.4) is 0 Å². The van der Waals surface area contributed by atoms with Gasteiger partial charge >= 0.3 is 0 Å². The van der Waals surface area contributed by atoms with Crippen LogP contribution in [0.1, 0.15) is 60.2 Å². The molecule has 1 amide bonds. The summed E-state index contributed by atoms with van der Waals surface area (Å²) in [4.78, 5) is 28.2. The number of Topliss-reactive ketones (excluding diaryl/α,β-unsaturated/α-hetero) is 1. The van der Waals surface area contributed by atoms with Gasteiger partial charge in [-0.2, -0.15) is 0 Å². The molecule has 3 aromatic rings. The topological polar surface area (TPSA) is 57.6 Å². The van der Waals surface area contributed by atoms with Gasteiger partial charge in [-0.05, 0) is 65.8 Å². The Morgan fingerprint density at radius 1 is 0.943 bits per heavy atom. The van der Waals surface area contributed by atoms with Gasteiger partial charge in [0.2, 0.25) is 0 Å². The molecule has 1 unspecified atom stereocenters. The van der Waals surface area contributed by atoms with Gasteiger partial charge in [0.05, 0.1) is 11.6 Å². The lowest BCUT2D eigenvalue weighted by atomic mass is 9.85. The third-order valence-corrected chi connectivity index (χ3v) is 6.85. The molecule has 1 aliphatic rings. The maximum Gasteiger partial charge on any atom is 0.295 e. The molecule has 0 radical (unpaired) electrons. The monoisotopic (exact) mass is 487 g/mol. The van der Waals surface area contributed by atoms with E-state index in [9.17, 15) is 14.7 Å². The third-order valence-electron chi connectivity index (χ3n) is 6.60. The zero-order valence-electron chi connectivity index (χ0n) is 20.7. The molecule has 1 fully saturated rings. The first-order valence-corrected chi connectivity index (χ1v) is 12.1. The van der Waals surface area contributed by atoms with E-state index in [0.717, 1.165) is 27.8 Å². The summed E-state index contributed by atoms with van der Waals surface area (Å²) >= 11 is 6.02. The first-order valence-electron chi connectivity index (χ1n) is 11.7. The van der Waals surface area contributed by atoms with E-state index in [1.165, 1.54) is 0 Å². The van der Waals surface area contributed by atoms with Crippen molar-refractivity contribution in [3.05, 3.63) is 111 Å². The van der Waals surface area contributed by atoms with Crippen molar-refractivity contribution < 1.29 is 14.7 Å². The van der Waals surface area contributed by atoms with Gasteiger partial charge in [0.1, 0.15) is 5.76 Å². The minimum absolute atomic E-state index is 0.0394. The average Bonchev–Trinajstić information content (AvgIpc) is 3.06. The highest BCUT2D eigenvalue weighted by Crippen LogP contribution is 2.41. The number of likely N-dealkylation sites (tertiary alicyclic amines) is 1. The number of hydrogen-bond donors (Lipinski definition) is 1. The second-order valence-corrected chi connectivity index (χ2v) is 10.7. The number of nitrogens with zero attached hydrogens (tertiary/aromatic N) is 1. The molecule has 4 nitrogen and oxygen atoms in total. The summed E-state index contributed by atoms with van der Waals surface area (Å²) in [5.41, 5.74) is 5.49. The van der Waals surface area contributed by atoms with Crippen LogP contribution >= 0.6 is 11.6 Å². The fourth-order valence-corrected chi connectivity index (χ4v) is 4.60. The molecule has 1 saturated heterocycles. The number of carbonyl (C=O) groups is 2. The van der Waals surface area contributed by atoms with Crippen LogP contribution in [0.2, 0.25) is 5.02 Å². The van der Waals surface area contributed by atoms with Crippen molar-refractivity contribution in [2.45, 2.75) is 52.6 Å². The summed E-state index contributed by atoms with van der Waals surface area (Å²) in [5, 5.41) is 11.8. The fourth-order valence-electron chi connectivity index (χ4n) is 4.47. The zero-order valence-corrected chi connectivity index (χ0v) is 21.5. The molecule has 0 bridgehead atoms. The van der Waals surface area contributed by atoms with E-state index in [-0.39, 0.29) is 23.3 Å². The van der Waals surface area contributed by atoms with Crippen molar-refractivity contribution in [2.24, 2.45) is 0 Å². The number of amides is 1. The number of ketones is 1. The lowest BCUT2D eigenvalue weighted by molar-refractivity contribution is -0.140. The Bertz CT molecular complexity index is 1320. The smallest absolute Gasteiger partial charge is 0.295 e. The van der Waals surface area contributed by atoms with Crippen molar-refractivity contribution >= 4 is 29.1 Å². The van der Waals surface area contributed by atoms with E-state index < -0.39 is 17.7 Å². The normalized spacial score (nSPS) is 17.8. The van der Waals surface area contributed by atoms with Gasteiger partial charge in [-0.3, -0.25) is 9.59 Å². The number of rotatable bonds is 4. The summed E-state index contributed by atoms with van der Waals surface area (Å²) < 4.78 is 0. The van der Waals surface area contributed by atoms with Crippen molar-refractivity contribution in [2.75, 3.05) is 0 Å². The van der Waals surface area contributed by atoms with E-state index in [4.69, 9.17) is 11.6 Å². The molecule has 3 aromatic carbocycles. The highest BCUT2D eigenvalue weighted by atomic mass is 35.5. The summed E-state index contributed by atoms with van der Waals surface area (Å²) in [6, 6.07) is 19.9. The van der Waals surface area contributed by atoms with Crippen LogP contribution in [0.4, 0.5) is 0 Å². The summed E-state index contributed by atoms with van der Waals surface area (Å²) in [6.07, 6.45) is 0. The van der Waals surface area contributed by atoms with Gasteiger partial charge in [-0.25, -0.2) is 0 Å². The Morgan fingerprint density at radius 3 is 2.17 bits per heavy atom. The van der Waals surface area contributed by atoms with Crippen LogP contribution in [-0.2, 0) is 21.5 Å². The lowest BCUT2D eigenvalue weighted by Gasteiger charge is -2.27. The maximum absolute atomic E-state index is 13.3. The molecule has 5 heteroatoms. The molecule has 1 heterocycles. The van der Waals surface area contributed by atoms with E-state index in [0.29, 0.717) is 10.6 Å². The first kappa shape index (κ1) is 24.7. The van der Waals surface area contributed by atoms with Crippen molar-refractivity contribution in [1.29, 1.82) is 0 Å². The molecular formula is C30H30ClNO3. The van der Waals surface area contributed by atoms with Gasteiger partial charge in [-0.1, -0.05) is 80.4 Å². The minimum atomic E-state index is -0.709. The SMILES string of the molecule is Cc1ccc(C)c(CN2C(=O)C(=O)/C(=C(\O)c3ccc(Cl)cc3)C2c2ccc(C(C)(C)C)cc2)c1. The van der Waals surface area contributed by atoms with E-state index in [1.54, 1.807) is 29.2 Å². The Balaban J connectivity index is 1.87. The summed E-state index contributed by atoms with van der Waals surface area (Å²) in [5.74, 6) is -1.51. The van der Waals surface area contributed by atoms with E-state index in [2.05, 4.69) is 20.8 Å². The highest BCUT2D eigenvalue weighted by molar-refractivity contribution is 6.46. The Hall–Kier alpha value is -3.37. The maximum atomic E-state index is 13.3. The minimum Gasteiger partial charge on any atom is -0.507 e. The highest BCUT2D eigenvalue weighted by Gasteiger charge is 2.46. The number of benzene rings is 3. The van der Waals surface area contributed by atoms with Gasteiger partial charge in [-0.15, -0.1) is 0 Å². The lowest BCUT2D eigenvalue weighted by Crippen LogP contribution is -2.29. The second-order valence-electron chi connectivity index (χ2n) is 10.2. The standard InChI is InChI=1S/C30H30ClNO3/c1-18-6-7-19(2)22(16-18)17-32-26(20-8-12-23(13-9-20)30(3,4)5)25(28(34)29(32)35)27(33)21-10-14-24(31)15-11-21/h6-16,26,33H,17H2,1-5H3/b27-25-. The molecule has 1 atom stereocenters. The summed E-state index contributed by atoms with van der Waals surface area (Å²) in [6.45, 7) is 10.7. The average molecular weight is 488 g/mol. The molecule has 0 spiro atoms. The third kappa shape index (κ3) is 4.89. The number of aryl methyl sites for hydroxylation is 2. The van der Waals surface area contributed by atoms with Gasteiger partial charge < -0.3 is 10.0 Å². The second kappa shape index (κ2) is 9.35. The fraction of sp³-hybridized carbons (Fsp3) is 0.267. The van der Waals surface area contributed by atoms with Crippen LogP contribution in [0, 0.1) is 13.8 Å². The molecule has 0 aliphatic carbocycles. The molecule has 180 valence electrons. The molecule has 4 rings (SSSR count). The van der Waals surface area contributed by atoms with E-state index >= 15 is 0 Å². The Morgan fingerprint density at radius 2 is 1.57 bits per heavy atom. The van der Waals surface area contributed by atoms with Crippen LogP contribution in [0.15, 0.2) is 72.3 Å². The molecule has 1 N–H and O–H groups in total. The van der Waals surface area contributed by atoms with Crippen molar-refractivity contribution in [3.8, 4) is 0 Å². The number of carbonyl (C=O) groups excluding carboxylic acids is 2. The molecule has 0 aromatic heterocycles. The first-order chi connectivity index (χ1) is 16.5. The Kier molecular flexibility index (Phi) is 6.61. The quantitative estimate of drug-likeness (QED) is 0.248. The predicted octanol–water partition coefficient (Wildman–Crippen LogP) is 6.88. The Labute approximate surface area is 211 Å². The van der Waals surface area contributed by atoms with Crippen molar-refractivity contribution in [3.63, 3.8) is 0 Å². The molecule has 35 heavy (non-hydrogen) atoms. The zero-order chi connectivity index (χ0) is 25.5. The van der Waals surface area contributed by atoms with Gasteiger partial charge in [0, 0.05) is 17.1 Å². The van der Waals surface area contributed by atoms with Crippen LogP contribution in [0.5, 0.6) is 0 Å². The largest absolute Gasteiger partial charge is 0.507 e. The number of aliphatic hydroxyl groups is 1. The van der Waals surface area contributed by atoms with Gasteiger partial charge in [0.25, 0.3) is 11.7 Å². The number of halogens is 1. The molecule has 0 saturated carbocycles. The van der Waals surface area contributed by atoms with Crippen LogP contribution < -0.4 is 0 Å². The van der Waals surface area contributed by atoms with Crippen LogP contribution in [0.25, 0.3) is 5.76 Å². The van der Waals surface area contributed by atoms with E-state index in [1.807, 2.05) is 56.3 Å². The molecule has 1 aliphatic heterocycles. The van der Waals surface area contributed by atoms with Crippen molar-refractivity contribution in [1.82, 2.24) is 4.90 Å². The van der Waals surface area contributed by atoms with Gasteiger partial charge in [0.15, 0.2) is 0 Å². The predicted molar refractivity (Wildman–Crippen MR) is 140 cm³/mol. The number of hydrogen-bond acceptors (Lipinski definition) is 3. The summed E-state index contributed by atoms with van der Waals surface area (Å²) in [7, 11) is 0. The number of aliphatic hydroxyl groups excluding tert-OH is 1. The van der Waals surface area contributed by atoms with Crippen LogP contribution in [-0.4, -0.2) is 21.7 Å².